The van der Waals surface area contributed by atoms with Crippen molar-refractivity contribution in [1.29, 1.82) is 0 Å². The Labute approximate surface area is 163 Å². The summed E-state index contributed by atoms with van der Waals surface area (Å²) in [7, 11) is 1.78. The number of nitrogens with zero attached hydrogens (tertiary/aromatic N) is 3. The molecule has 0 unspecified atom stereocenters. The van der Waals surface area contributed by atoms with E-state index in [4.69, 9.17) is 14.6 Å². The van der Waals surface area contributed by atoms with Crippen LogP contribution in [0.2, 0.25) is 0 Å². The maximum atomic E-state index is 5.47. The molecule has 0 N–H and O–H groups in total. The molecular weight excluding hydrogens is 414 g/mol. The summed E-state index contributed by atoms with van der Waals surface area (Å²) in [5.74, 6) is 1.52. The molecule has 5 nitrogen and oxygen atoms in total. The van der Waals surface area contributed by atoms with E-state index in [1.54, 1.807) is 18.4 Å². The molecule has 0 saturated heterocycles. The van der Waals surface area contributed by atoms with Gasteiger partial charge in [0.2, 0.25) is 11.6 Å². The molecule has 0 amide bonds. The second-order valence-electron chi connectivity index (χ2n) is 5.70. The standard InChI is InChI=1S/C19H16BrN3O2S/c1-12(13-6-7-17-18(9-13)25-11-24-17)22-23-16(10-26-19(23)21-2)14-4-3-5-15(20)8-14/h3-10H,11H2,1-2H3. The number of benzene rings is 2. The zero-order valence-corrected chi connectivity index (χ0v) is 16.7. The Morgan fingerprint density at radius 3 is 2.81 bits per heavy atom. The molecule has 3 aromatic rings. The lowest BCUT2D eigenvalue weighted by Gasteiger charge is -2.07. The average molecular weight is 430 g/mol. The molecule has 0 fully saturated rings. The van der Waals surface area contributed by atoms with E-state index >= 15 is 0 Å². The number of aromatic nitrogens is 1. The summed E-state index contributed by atoms with van der Waals surface area (Å²) < 4.78 is 13.8. The maximum Gasteiger partial charge on any atom is 0.231 e. The van der Waals surface area contributed by atoms with Gasteiger partial charge in [-0.1, -0.05) is 28.1 Å². The van der Waals surface area contributed by atoms with Gasteiger partial charge in [0.25, 0.3) is 0 Å². The lowest BCUT2D eigenvalue weighted by atomic mass is 10.1. The molecular formula is C19H16BrN3O2S. The lowest BCUT2D eigenvalue weighted by Crippen LogP contribution is -2.13. The Balaban J connectivity index is 1.80. The highest BCUT2D eigenvalue weighted by Crippen LogP contribution is 2.32. The summed E-state index contributed by atoms with van der Waals surface area (Å²) in [5, 5.41) is 6.90. The maximum absolute atomic E-state index is 5.47. The molecule has 7 heteroatoms. The van der Waals surface area contributed by atoms with Crippen LogP contribution in [0, 0.1) is 0 Å². The first-order valence-corrected chi connectivity index (χ1v) is 9.68. The van der Waals surface area contributed by atoms with Crippen LogP contribution in [0.4, 0.5) is 0 Å². The molecule has 0 bridgehead atoms. The van der Waals surface area contributed by atoms with Crippen molar-refractivity contribution in [3.05, 3.63) is 62.7 Å². The van der Waals surface area contributed by atoms with Crippen molar-refractivity contribution in [3.63, 3.8) is 0 Å². The smallest absolute Gasteiger partial charge is 0.231 e. The number of hydrogen-bond donors (Lipinski definition) is 0. The summed E-state index contributed by atoms with van der Waals surface area (Å²) in [6.07, 6.45) is 0. The third-order valence-electron chi connectivity index (χ3n) is 4.04. The minimum Gasteiger partial charge on any atom is -0.454 e. The number of thiazole rings is 1. The monoisotopic (exact) mass is 429 g/mol. The number of fused-ring (bicyclic) bond motifs is 1. The molecule has 0 spiro atoms. The van der Waals surface area contributed by atoms with Crippen LogP contribution in [0.5, 0.6) is 11.5 Å². The third kappa shape index (κ3) is 3.20. The van der Waals surface area contributed by atoms with Crippen LogP contribution in [-0.4, -0.2) is 24.2 Å². The molecule has 1 aliphatic rings. The Morgan fingerprint density at radius 2 is 2.00 bits per heavy atom. The average Bonchev–Trinajstić information content (AvgIpc) is 3.27. The molecule has 4 rings (SSSR count). The third-order valence-corrected chi connectivity index (χ3v) is 5.44. The Morgan fingerprint density at radius 1 is 1.15 bits per heavy atom. The molecule has 132 valence electrons. The summed E-state index contributed by atoms with van der Waals surface area (Å²) >= 11 is 5.10. The highest BCUT2D eigenvalue weighted by molar-refractivity contribution is 9.10. The van der Waals surface area contributed by atoms with Gasteiger partial charge in [-0.05, 0) is 37.3 Å². The topological polar surface area (TPSA) is 48.1 Å². The van der Waals surface area contributed by atoms with Crippen LogP contribution in [-0.2, 0) is 0 Å². The predicted octanol–water partition coefficient (Wildman–Crippen LogP) is 4.51. The van der Waals surface area contributed by atoms with Gasteiger partial charge >= 0.3 is 0 Å². The van der Waals surface area contributed by atoms with Gasteiger partial charge in [0.1, 0.15) is 0 Å². The summed E-state index contributed by atoms with van der Waals surface area (Å²) in [6, 6.07) is 14.0. The highest BCUT2D eigenvalue weighted by Gasteiger charge is 2.15. The van der Waals surface area contributed by atoms with Crippen molar-refractivity contribution in [2.45, 2.75) is 6.92 Å². The fourth-order valence-electron chi connectivity index (χ4n) is 2.72. The van der Waals surface area contributed by atoms with Crippen molar-refractivity contribution in [2.75, 3.05) is 13.8 Å². The normalized spacial score (nSPS) is 14.1. The second-order valence-corrected chi connectivity index (χ2v) is 7.45. The number of halogens is 1. The van der Waals surface area contributed by atoms with E-state index in [0.717, 1.165) is 43.3 Å². The summed E-state index contributed by atoms with van der Waals surface area (Å²) in [5.41, 5.74) is 3.92. The first-order chi connectivity index (χ1) is 12.7. The summed E-state index contributed by atoms with van der Waals surface area (Å²) in [6.45, 7) is 2.24. The highest BCUT2D eigenvalue weighted by atomic mass is 79.9. The predicted molar refractivity (Wildman–Crippen MR) is 107 cm³/mol. The van der Waals surface area contributed by atoms with E-state index in [-0.39, 0.29) is 6.79 Å². The van der Waals surface area contributed by atoms with Crippen molar-refractivity contribution >= 4 is 33.0 Å². The van der Waals surface area contributed by atoms with Crippen LogP contribution in [0.25, 0.3) is 11.3 Å². The van der Waals surface area contributed by atoms with Crippen molar-refractivity contribution in [2.24, 2.45) is 10.1 Å². The quantitative estimate of drug-likeness (QED) is 0.574. The van der Waals surface area contributed by atoms with Gasteiger partial charge in [0.15, 0.2) is 11.5 Å². The first kappa shape index (κ1) is 17.1. The van der Waals surface area contributed by atoms with Crippen molar-refractivity contribution < 1.29 is 9.47 Å². The SMILES string of the molecule is CN=c1scc(-c2cccc(Br)c2)n1N=C(C)c1ccc2c(c1)OCO2. The van der Waals surface area contributed by atoms with Crippen LogP contribution < -0.4 is 14.3 Å². The van der Waals surface area contributed by atoms with E-state index in [1.807, 2.05) is 41.9 Å². The second kappa shape index (κ2) is 7.09. The van der Waals surface area contributed by atoms with Gasteiger partial charge in [-0.3, -0.25) is 4.99 Å². The van der Waals surface area contributed by atoms with Crippen LogP contribution in [0.3, 0.4) is 0 Å². The molecule has 0 aliphatic carbocycles. The van der Waals surface area contributed by atoms with Gasteiger partial charge in [-0.2, -0.15) is 5.10 Å². The first-order valence-electron chi connectivity index (χ1n) is 8.00. The fourth-order valence-corrected chi connectivity index (χ4v) is 3.92. The van der Waals surface area contributed by atoms with Gasteiger partial charge in [0.05, 0.1) is 11.4 Å². The van der Waals surface area contributed by atoms with Crippen molar-refractivity contribution in [1.82, 2.24) is 4.68 Å². The molecule has 2 aromatic carbocycles. The molecule has 1 aromatic heterocycles. The van der Waals surface area contributed by atoms with E-state index in [2.05, 4.69) is 38.4 Å². The Kier molecular flexibility index (Phi) is 4.65. The molecule has 0 saturated carbocycles. The van der Waals surface area contributed by atoms with Crippen molar-refractivity contribution in [3.8, 4) is 22.8 Å². The zero-order valence-electron chi connectivity index (χ0n) is 14.3. The van der Waals surface area contributed by atoms with Gasteiger partial charge in [-0.15, -0.1) is 11.3 Å². The molecule has 26 heavy (non-hydrogen) atoms. The lowest BCUT2D eigenvalue weighted by molar-refractivity contribution is 0.174. The molecule has 1 aliphatic heterocycles. The largest absolute Gasteiger partial charge is 0.454 e. The van der Waals surface area contributed by atoms with Gasteiger partial charge in [-0.25, -0.2) is 4.68 Å². The molecule has 0 atom stereocenters. The number of ether oxygens (including phenoxy) is 2. The minimum atomic E-state index is 0.264. The summed E-state index contributed by atoms with van der Waals surface area (Å²) in [4.78, 5) is 5.20. The minimum absolute atomic E-state index is 0.264. The molecule has 2 heterocycles. The van der Waals surface area contributed by atoms with E-state index < -0.39 is 0 Å². The van der Waals surface area contributed by atoms with Gasteiger partial charge in [0, 0.05) is 28.0 Å². The van der Waals surface area contributed by atoms with E-state index in [1.165, 1.54) is 0 Å². The van der Waals surface area contributed by atoms with Crippen LogP contribution in [0.1, 0.15) is 12.5 Å². The van der Waals surface area contributed by atoms with Gasteiger partial charge < -0.3 is 9.47 Å². The van der Waals surface area contributed by atoms with E-state index in [9.17, 15) is 0 Å². The molecule has 0 radical (unpaired) electrons. The van der Waals surface area contributed by atoms with Crippen LogP contribution in [0.15, 0.2) is 62.4 Å². The number of rotatable bonds is 3. The fraction of sp³-hybridized carbons (Fsp3) is 0.158. The Bertz CT molecular complexity index is 1070. The zero-order chi connectivity index (χ0) is 18.1. The Hall–Kier alpha value is -2.38. The van der Waals surface area contributed by atoms with Crippen LogP contribution >= 0.6 is 27.3 Å². The number of hydrogen-bond acceptors (Lipinski definition) is 5. The van der Waals surface area contributed by atoms with E-state index in [0.29, 0.717) is 0 Å².